The lowest BCUT2D eigenvalue weighted by atomic mass is 10.2. The second kappa shape index (κ2) is 11.2. The third kappa shape index (κ3) is 9.24. The third-order valence-corrected chi connectivity index (χ3v) is 4.65. The Morgan fingerprint density at radius 2 is 1.81 bits per heavy atom. The molecule has 1 rings (SSSR count). The minimum Gasteiger partial charge on any atom is -0.356 e. The van der Waals surface area contributed by atoms with Crippen molar-refractivity contribution in [1.82, 2.24) is 10.2 Å². The molecule has 0 bridgehead atoms. The Kier molecular flexibility index (Phi) is 9.72. The predicted molar refractivity (Wildman–Crippen MR) is 94.0 cm³/mol. The van der Waals surface area contributed by atoms with Crippen LogP contribution < -0.4 is 5.32 Å². The van der Waals surface area contributed by atoms with Gasteiger partial charge in [0.05, 0.1) is 12.7 Å². The number of hydrogen-bond donors (Lipinski definition) is 2. The number of phosphoric acid groups is 1. The van der Waals surface area contributed by atoms with E-state index < -0.39 is 19.6 Å². The van der Waals surface area contributed by atoms with E-state index in [1.807, 2.05) is 0 Å². The lowest BCUT2D eigenvalue weighted by Gasteiger charge is -2.14. The average molecular weight is 390 g/mol. The fourth-order valence-corrected chi connectivity index (χ4v) is 3.19. The Labute approximate surface area is 153 Å². The van der Waals surface area contributed by atoms with Crippen LogP contribution in [-0.4, -0.2) is 53.3 Å². The maximum Gasteiger partial charge on any atom is 0.472 e. The number of carbonyl (C=O) groups is 3. The Morgan fingerprint density at radius 3 is 2.42 bits per heavy atom. The quantitative estimate of drug-likeness (QED) is 0.278. The first-order valence-corrected chi connectivity index (χ1v) is 10.2. The van der Waals surface area contributed by atoms with Crippen molar-refractivity contribution >= 4 is 25.5 Å². The fourth-order valence-electron chi connectivity index (χ4n) is 2.24. The van der Waals surface area contributed by atoms with Crippen molar-refractivity contribution in [1.29, 1.82) is 0 Å². The van der Waals surface area contributed by atoms with Crippen LogP contribution in [0, 0.1) is 0 Å². The van der Waals surface area contributed by atoms with Gasteiger partial charge in [-0.3, -0.25) is 28.3 Å². The molecule has 0 saturated heterocycles. The molecule has 1 unspecified atom stereocenters. The average Bonchev–Trinajstić information content (AvgIpc) is 2.85. The lowest BCUT2D eigenvalue weighted by Crippen LogP contribution is -2.34. The zero-order valence-electron chi connectivity index (χ0n) is 15.2. The van der Waals surface area contributed by atoms with Crippen LogP contribution in [0.5, 0.6) is 0 Å². The maximum absolute atomic E-state index is 11.7. The normalized spacial score (nSPS) is 16.4. The highest BCUT2D eigenvalue weighted by molar-refractivity contribution is 7.47. The summed E-state index contributed by atoms with van der Waals surface area (Å²) in [6.45, 7) is 4.01. The van der Waals surface area contributed by atoms with Crippen LogP contribution in [0.2, 0.25) is 0 Å². The van der Waals surface area contributed by atoms with Crippen LogP contribution in [-0.2, 0) is 28.0 Å². The van der Waals surface area contributed by atoms with Gasteiger partial charge in [-0.15, -0.1) is 0 Å². The molecule has 0 aromatic heterocycles. The molecule has 0 radical (unpaired) electrons. The number of phosphoric ester groups is 1. The lowest BCUT2D eigenvalue weighted by molar-refractivity contribution is -0.137. The van der Waals surface area contributed by atoms with E-state index in [4.69, 9.17) is 9.05 Å². The molecule has 10 heteroatoms. The molecule has 0 aromatic carbocycles. The number of nitrogens with one attached hydrogen (secondary N) is 1. The monoisotopic (exact) mass is 390 g/mol. The zero-order valence-corrected chi connectivity index (χ0v) is 16.1. The molecule has 1 aliphatic rings. The SMILES string of the molecule is CC(C)OP(=O)(O)OCCCCCCNC(=O)CCN1C(=O)C=CC1=O. The van der Waals surface area contributed by atoms with Gasteiger partial charge in [-0.05, 0) is 26.7 Å². The van der Waals surface area contributed by atoms with Crippen molar-refractivity contribution < 1.29 is 32.9 Å². The van der Waals surface area contributed by atoms with Gasteiger partial charge in [0.25, 0.3) is 11.8 Å². The van der Waals surface area contributed by atoms with Gasteiger partial charge in [-0.25, -0.2) is 4.57 Å². The number of nitrogens with zero attached hydrogens (tertiary/aromatic N) is 1. The molecule has 0 aliphatic carbocycles. The first kappa shape index (κ1) is 22.5. The van der Waals surface area contributed by atoms with Crippen LogP contribution in [0.4, 0.5) is 0 Å². The Morgan fingerprint density at radius 1 is 1.19 bits per heavy atom. The molecular weight excluding hydrogens is 363 g/mol. The molecule has 3 amide bonds. The predicted octanol–water partition coefficient (Wildman–Crippen LogP) is 1.52. The summed E-state index contributed by atoms with van der Waals surface area (Å²) < 4.78 is 21.1. The van der Waals surface area contributed by atoms with Gasteiger partial charge < -0.3 is 10.2 Å². The van der Waals surface area contributed by atoms with Gasteiger partial charge in [-0.2, -0.15) is 0 Å². The summed E-state index contributed by atoms with van der Waals surface area (Å²) in [5, 5.41) is 2.73. The summed E-state index contributed by atoms with van der Waals surface area (Å²) in [4.78, 5) is 44.7. The second-order valence-corrected chi connectivity index (χ2v) is 7.54. The van der Waals surface area contributed by atoms with Crippen molar-refractivity contribution in [2.45, 2.75) is 52.1 Å². The molecule has 0 aromatic rings. The smallest absolute Gasteiger partial charge is 0.356 e. The molecule has 9 nitrogen and oxygen atoms in total. The number of hydrogen-bond acceptors (Lipinski definition) is 6. The topological polar surface area (TPSA) is 122 Å². The molecule has 1 atom stereocenters. The highest BCUT2D eigenvalue weighted by Gasteiger charge is 2.23. The third-order valence-electron chi connectivity index (χ3n) is 3.45. The Bertz CT molecular complexity index is 559. The van der Waals surface area contributed by atoms with Crippen molar-refractivity contribution in [3.63, 3.8) is 0 Å². The standard InChI is InChI=1S/C16H27N2O7P/c1-13(2)25-26(22,23)24-12-6-4-3-5-10-17-14(19)9-11-18-15(20)7-8-16(18)21/h7-8,13H,3-6,9-12H2,1-2H3,(H,17,19)(H,22,23). The minimum atomic E-state index is -3.96. The molecule has 1 aliphatic heterocycles. The number of unbranched alkanes of at least 4 members (excludes halogenated alkanes) is 3. The van der Waals surface area contributed by atoms with Crippen molar-refractivity contribution in [3.8, 4) is 0 Å². The minimum absolute atomic E-state index is 0.0769. The van der Waals surface area contributed by atoms with E-state index in [-0.39, 0.29) is 31.6 Å². The van der Waals surface area contributed by atoms with Crippen LogP contribution >= 0.6 is 7.82 Å². The second-order valence-electron chi connectivity index (χ2n) is 6.13. The molecule has 26 heavy (non-hydrogen) atoms. The van der Waals surface area contributed by atoms with Gasteiger partial charge in [0, 0.05) is 31.7 Å². The molecule has 148 valence electrons. The first-order valence-electron chi connectivity index (χ1n) is 8.67. The van der Waals surface area contributed by atoms with Gasteiger partial charge >= 0.3 is 7.82 Å². The van der Waals surface area contributed by atoms with E-state index in [9.17, 15) is 23.8 Å². The van der Waals surface area contributed by atoms with E-state index in [2.05, 4.69) is 5.32 Å². The van der Waals surface area contributed by atoms with Crippen LogP contribution in [0.25, 0.3) is 0 Å². The van der Waals surface area contributed by atoms with Crippen LogP contribution in [0.1, 0.15) is 46.0 Å². The highest BCUT2D eigenvalue weighted by Crippen LogP contribution is 2.44. The van der Waals surface area contributed by atoms with Crippen molar-refractivity contribution in [2.75, 3.05) is 19.7 Å². The van der Waals surface area contributed by atoms with Gasteiger partial charge in [0.15, 0.2) is 0 Å². The summed E-state index contributed by atoms with van der Waals surface area (Å²) in [6.07, 6.45) is 5.07. The van der Waals surface area contributed by atoms with Crippen molar-refractivity contribution in [2.24, 2.45) is 0 Å². The van der Waals surface area contributed by atoms with Gasteiger partial charge in [0.2, 0.25) is 5.91 Å². The van der Waals surface area contributed by atoms with E-state index >= 15 is 0 Å². The summed E-state index contributed by atoms with van der Waals surface area (Å²) in [5.74, 6) is -1.000. The first-order chi connectivity index (χ1) is 12.2. The Balaban J connectivity index is 1.98. The molecule has 0 saturated carbocycles. The summed E-state index contributed by atoms with van der Waals surface area (Å²) >= 11 is 0. The van der Waals surface area contributed by atoms with Crippen LogP contribution in [0.3, 0.4) is 0 Å². The van der Waals surface area contributed by atoms with Crippen LogP contribution in [0.15, 0.2) is 12.2 Å². The van der Waals surface area contributed by atoms with Gasteiger partial charge in [-0.1, -0.05) is 12.8 Å². The molecule has 0 fully saturated rings. The highest BCUT2D eigenvalue weighted by atomic mass is 31.2. The number of imide groups is 1. The number of carbonyl (C=O) groups excluding carboxylic acids is 3. The summed E-state index contributed by atoms with van der Waals surface area (Å²) in [6, 6.07) is 0. The Hall–Kier alpha value is -1.54. The van der Waals surface area contributed by atoms with E-state index in [1.165, 1.54) is 12.2 Å². The van der Waals surface area contributed by atoms with E-state index in [0.29, 0.717) is 13.0 Å². The molecule has 2 N–H and O–H groups in total. The largest absolute Gasteiger partial charge is 0.472 e. The fraction of sp³-hybridized carbons (Fsp3) is 0.688. The summed E-state index contributed by atoms with van der Waals surface area (Å²) in [5.41, 5.74) is 0. The van der Waals surface area contributed by atoms with E-state index in [0.717, 1.165) is 24.2 Å². The van der Waals surface area contributed by atoms with Gasteiger partial charge in [0.1, 0.15) is 0 Å². The molecule has 0 spiro atoms. The zero-order chi connectivity index (χ0) is 19.6. The molecular formula is C16H27N2O7P. The van der Waals surface area contributed by atoms with Crippen molar-refractivity contribution in [3.05, 3.63) is 12.2 Å². The summed E-state index contributed by atoms with van der Waals surface area (Å²) in [7, 11) is -3.96. The number of rotatable bonds is 13. The van der Waals surface area contributed by atoms with E-state index in [1.54, 1.807) is 13.8 Å². The number of amides is 3. The maximum atomic E-state index is 11.7. The molecule has 1 heterocycles.